The maximum Gasteiger partial charge on any atom is 0.317 e. The van der Waals surface area contributed by atoms with Crippen molar-refractivity contribution in [1.82, 2.24) is 10.2 Å². The molecule has 2 amide bonds. The van der Waals surface area contributed by atoms with Gasteiger partial charge in [0, 0.05) is 38.3 Å². The third-order valence-electron chi connectivity index (χ3n) is 4.17. The number of benzene rings is 1. The minimum Gasteiger partial charge on any atom is -0.472 e. The Morgan fingerprint density at radius 1 is 1.21 bits per heavy atom. The highest BCUT2D eigenvalue weighted by Crippen LogP contribution is 2.21. The van der Waals surface area contributed by atoms with Crippen LogP contribution in [0.4, 0.5) is 10.5 Å². The third-order valence-corrected chi connectivity index (χ3v) is 4.17. The van der Waals surface area contributed by atoms with E-state index >= 15 is 0 Å². The van der Waals surface area contributed by atoms with Crippen molar-refractivity contribution in [2.24, 2.45) is 0 Å². The molecule has 0 bridgehead atoms. The Bertz CT molecular complexity index is 721. The number of nitriles is 1. The Morgan fingerprint density at radius 2 is 2.08 bits per heavy atom. The first kappa shape index (κ1) is 15.9. The molecule has 1 aliphatic heterocycles. The lowest BCUT2D eigenvalue weighted by atomic mass is 10.1. The molecule has 1 saturated heterocycles. The van der Waals surface area contributed by atoms with Gasteiger partial charge in [-0.3, -0.25) is 0 Å². The van der Waals surface area contributed by atoms with Crippen molar-refractivity contribution >= 4 is 11.7 Å². The summed E-state index contributed by atoms with van der Waals surface area (Å²) >= 11 is 0. The number of anilines is 1. The van der Waals surface area contributed by atoms with Crippen molar-refractivity contribution in [3.8, 4) is 6.07 Å². The zero-order valence-corrected chi connectivity index (χ0v) is 13.4. The molecule has 0 spiro atoms. The van der Waals surface area contributed by atoms with Gasteiger partial charge in [0.2, 0.25) is 0 Å². The minimum atomic E-state index is -0.0633. The van der Waals surface area contributed by atoms with Crippen LogP contribution in [-0.4, -0.2) is 37.1 Å². The highest BCUT2D eigenvalue weighted by Gasteiger charge is 2.20. The van der Waals surface area contributed by atoms with Gasteiger partial charge in [0.1, 0.15) is 6.07 Å². The molecule has 0 atom stereocenters. The number of para-hydroxylation sites is 1. The molecule has 24 heavy (non-hydrogen) atoms. The zero-order chi connectivity index (χ0) is 16.8. The second-order valence-electron chi connectivity index (χ2n) is 5.75. The lowest BCUT2D eigenvalue weighted by Gasteiger charge is -2.24. The van der Waals surface area contributed by atoms with Gasteiger partial charge < -0.3 is 19.5 Å². The molecule has 0 aliphatic carbocycles. The van der Waals surface area contributed by atoms with Gasteiger partial charge in [-0.2, -0.15) is 5.26 Å². The molecule has 1 fully saturated rings. The van der Waals surface area contributed by atoms with Gasteiger partial charge >= 0.3 is 6.03 Å². The summed E-state index contributed by atoms with van der Waals surface area (Å²) < 4.78 is 5.00. The van der Waals surface area contributed by atoms with Gasteiger partial charge in [-0.15, -0.1) is 0 Å². The van der Waals surface area contributed by atoms with Gasteiger partial charge in [-0.1, -0.05) is 12.1 Å². The molecule has 6 nitrogen and oxygen atoms in total. The van der Waals surface area contributed by atoms with E-state index in [4.69, 9.17) is 4.42 Å². The number of furan rings is 1. The van der Waals surface area contributed by atoms with Crippen molar-refractivity contribution < 1.29 is 9.21 Å². The Morgan fingerprint density at radius 3 is 2.88 bits per heavy atom. The number of rotatable bonds is 3. The fourth-order valence-corrected chi connectivity index (χ4v) is 2.89. The van der Waals surface area contributed by atoms with Crippen molar-refractivity contribution in [1.29, 1.82) is 5.26 Å². The zero-order valence-electron chi connectivity index (χ0n) is 13.4. The molecule has 0 saturated carbocycles. The highest BCUT2D eigenvalue weighted by molar-refractivity contribution is 5.74. The molecule has 1 aromatic heterocycles. The topological polar surface area (TPSA) is 72.5 Å². The highest BCUT2D eigenvalue weighted by atomic mass is 16.3. The van der Waals surface area contributed by atoms with Crippen LogP contribution in [0.15, 0.2) is 47.3 Å². The predicted molar refractivity (Wildman–Crippen MR) is 90.5 cm³/mol. The molecule has 1 aliphatic rings. The Balaban J connectivity index is 1.58. The number of nitrogens with one attached hydrogen (secondary N) is 1. The molecule has 3 rings (SSSR count). The van der Waals surface area contributed by atoms with Crippen LogP contribution in [0, 0.1) is 11.3 Å². The van der Waals surface area contributed by atoms with E-state index < -0.39 is 0 Å². The summed E-state index contributed by atoms with van der Waals surface area (Å²) in [5, 5.41) is 12.2. The summed E-state index contributed by atoms with van der Waals surface area (Å²) in [6.07, 6.45) is 4.10. The Kier molecular flexibility index (Phi) is 5.02. The molecule has 0 unspecified atom stereocenters. The monoisotopic (exact) mass is 324 g/mol. The van der Waals surface area contributed by atoms with Crippen LogP contribution in [0.2, 0.25) is 0 Å². The van der Waals surface area contributed by atoms with Crippen molar-refractivity contribution in [2.45, 2.75) is 13.0 Å². The smallest absolute Gasteiger partial charge is 0.317 e. The van der Waals surface area contributed by atoms with Crippen LogP contribution in [0.3, 0.4) is 0 Å². The first-order valence-electron chi connectivity index (χ1n) is 8.06. The van der Waals surface area contributed by atoms with Gasteiger partial charge in [-0.05, 0) is 24.6 Å². The van der Waals surface area contributed by atoms with E-state index in [1.165, 1.54) is 0 Å². The van der Waals surface area contributed by atoms with E-state index in [-0.39, 0.29) is 6.03 Å². The lowest BCUT2D eigenvalue weighted by molar-refractivity contribution is 0.201. The number of nitrogens with zero attached hydrogens (tertiary/aromatic N) is 3. The normalized spacial score (nSPS) is 14.8. The molecule has 2 heterocycles. The first-order valence-corrected chi connectivity index (χ1v) is 8.06. The fourth-order valence-electron chi connectivity index (χ4n) is 2.89. The van der Waals surface area contributed by atoms with Crippen LogP contribution in [0.1, 0.15) is 17.5 Å². The molecule has 2 aromatic rings. The van der Waals surface area contributed by atoms with E-state index in [1.807, 2.05) is 35.2 Å². The number of amides is 2. The number of hydrogen-bond donors (Lipinski definition) is 1. The van der Waals surface area contributed by atoms with Crippen LogP contribution in [-0.2, 0) is 6.54 Å². The number of urea groups is 1. The summed E-state index contributed by atoms with van der Waals surface area (Å²) in [5.74, 6) is 0. The first-order chi connectivity index (χ1) is 11.8. The summed E-state index contributed by atoms with van der Waals surface area (Å²) in [4.78, 5) is 16.3. The number of hydrogen-bond acceptors (Lipinski definition) is 4. The predicted octanol–water partition coefficient (Wildman–Crippen LogP) is 2.57. The standard InChI is InChI=1S/C18H20N4O2/c19-12-16-4-1-2-5-17(16)21-7-3-8-22(10-9-21)18(23)20-13-15-6-11-24-14-15/h1-2,4-6,11,14H,3,7-10,13H2,(H,20,23). The summed E-state index contributed by atoms with van der Waals surface area (Å²) in [5.41, 5.74) is 2.57. The summed E-state index contributed by atoms with van der Waals surface area (Å²) in [6.45, 7) is 3.37. The second-order valence-corrected chi connectivity index (χ2v) is 5.75. The molecule has 0 radical (unpaired) electrons. The minimum absolute atomic E-state index is 0.0633. The Hall–Kier alpha value is -2.94. The van der Waals surface area contributed by atoms with Gasteiger partial charge in [0.05, 0.1) is 23.8 Å². The number of carbonyl (C=O) groups is 1. The lowest BCUT2D eigenvalue weighted by Crippen LogP contribution is -2.41. The molecule has 6 heteroatoms. The molecular weight excluding hydrogens is 304 g/mol. The van der Waals surface area contributed by atoms with E-state index in [0.29, 0.717) is 25.2 Å². The van der Waals surface area contributed by atoms with E-state index in [1.54, 1.807) is 12.5 Å². The molecule has 124 valence electrons. The van der Waals surface area contributed by atoms with E-state index in [9.17, 15) is 10.1 Å². The van der Waals surface area contributed by atoms with E-state index in [2.05, 4.69) is 16.3 Å². The van der Waals surface area contributed by atoms with Gasteiger partial charge in [-0.25, -0.2) is 4.79 Å². The summed E-state index contributed by atoms with van der Waals surface area (Å²) in [7, 11) is 0. The quantitative estimate of drug-likeness (QED) is 0.942. The van der Waals surface area contributed by atoms with Gasteiger partial charge in [0.25, 0.3) is 0 Å². The second kappa shape index (κ2) is 7.55. The summed E-state index contributed by atoms with van der Waals surface area (Å²) in [6, 6.07) is 11.6. The number of carbonyl (C=O) groups excluding carboxylic acids is 1. The SMILES string of the molecule is N#Cc1ccccc1N1CCCN(C(=O)NCc2ccoc2)CC1. The van der Waals surface area contributed by atoms with Crippen molar-refractivity contribution in [3.05, 3.63) is 54.0 Å². The maximum atomic E-state index is 12.3. The van der Waals surface area contributed by atoms with Crippen LogP contribution in [0.25, 0.3) is 0 Å². The average molecular weight is 324 g/mol. The molecular formula is C18H20N4O2. The van der Waals surface area contributed by atoms with Crippen molar-refractivity contribution in [3.63, 3.8) is 0 Å². The largest absolute Gasteiger partial charge is 0.472 e. The van der Waals surface area contributed by atoms with Crippen LogP contribution in [0.5, 0.6) is 0 Å². The molecule has 1 aromatic carbocycles. The average Bonchev–Trinajstić information content (AvgIpc) is 3.02. The van der Waals surface area contributed by atoms with E-state index in [0.717, 1.165) is 30.8 Å². The molecule has 1 N–H and O–H groups in total. The van der Waals surface area contributed by atoms with Gasteiger partial charge in [0.15, 0.2) is 0 Å². The van der Waals surface area contributed by atoms with Crippen LogP contribution >= 0.6 is 0 Å². The maximum absolute atomic E-state index is 12.3. The fraction of sp³-hybridized carbons (Fsp3) is 0.333. The van der Waals surface area contributed by atoms with Crippen molar-refractivity contribution in [2.75, 3.05) is 31.1 Å². The Labute approximate surface area is 141 Å². The van der Waals surface area contributed by atoms with Crippen LogP contribution < -0.4 is 10.2 Å². The third kappa shape index (κ3) is 3.69.